The summed E-state index contributed by atoms with van der Waals surface area (Å²) in [4.78, 5) is 37.8. The van der Waals surface area contributed by atoms with Gasteiger partial charge in [-0.15, -0.1) is 0 Å². The van der Waals surface area contributed by atoms with E-state index in [0.717, 1.165) is 0 Å². The Balaban J connectivity index is 2.14. The number of benzene rings is 2. The van der Waals surface area contributed by atoms with Gasteiger partial charge in [-0.05, 0) is 12.5 Å². The van der Waals surface area contributed by atoms with Crippen LogP contribution in [-0.2, 0) is 14.4 Å². The molecule has 0 spiro atoms. The lowest BCUT2D eigenvalue weighted by Crippen LogP contribution is -2.31. The van der Waals surface area contributed by atoms with Crippen LogP contribution in [0.2, 0.25) is 0 Å². The van der Waals surface area contributed by atoms with Gasteiger partial charge in [0.2, 0.25) is 0 Å². The molecule has 29 heavy (non-hydrogen) atoms. The summed E-state index contributed by atoms with van der Waals surface area (Å²) in [6.45, 7) is 0.0607. The molecule has 1 unspecified atom stereocenters. The first kappa shape index (κ1) is 20.1. The van der Waals surface area contributed by atoms with E-state index in [1.807, 2.05) is 0 Å². The van der Waals surface area contributed by atoms with E-state index in [1.165, 1.54) is 12.0 Å². The number of hydrogen-bond acceptors (Lipinski definition) is 5. The van der Waals surface area contributed by atoms with E-state index in [2.05, 4.69) is 0 Å². The minimum absolute atomic E-state index is 0.0407. The van der Waals surface area contributed by atoms with Gasteiger partial charge in [0.05, 0.1) is 18.7 Å². The highest BCUT2D eigenvalue weighted by Crippen LogP contribution is 2.42. The van der Waals surface area contributed by atoms with E-state index in [0.29, 0.717) is 16.9 Å². The molecular weight excluding hydrogens is 374 g/mol. The van der Waals surface area contributed by atoms with Crippen molar-refractivity contribution in [2.45, 2.75) is 18.9 Å². The third-order valence-corrected chi connectivity index (χ3v) is 4.81. The number of carbonyl (C=O) groups excluding carboxylic acids is 2. The highest BCUT2D eigenvalue weighted by molar-refractivity contribution is 6.46. The fourth-order valence-corrected chi connectivity index (χ4v) is 3.48. The molecule has 0 aliphatic carbocycles. The van der Waals surface area contributed by atoms with Crippen LogP contribution in [0.15, 0.2) is 60.2 Å². The Morgan fingerprint density at radius 3 is 2.34 bits per heavy atom. The Kier molecular flexibility index (Phi) is 5.97. The molecule has 2 aromatic rings. The second kappa shape index (κ2) is 8.60. The predicted octanol–water partition coefficient (Wildman–Crippen LogP) is 2.98. The van der Waals surface area contributed by atoms with E-state index in [9.17, 15) is 19.5 Å². The predicted molar refractivity (Wildman–Crippen MR) is 105 cm³/mol. The summed E-state index contributed by atoms with van der Waals surface area (Å²) in [5.74, 6) is -2.39. The Bertz CT molecular complexity index is 966. The average molecular weight is 395 g/mol. The van der Waals surface area contributed by atoms with Crippen LogP contribution in [0.25, 0.3) is 5.76 Å². The molecule has 0 bridgehead atoms. The minimum atomic E-state index is -0.986. The second-order valence-electron chi connectivity index (χ2n) is 6.60. The zero-order chi connectivity index (χ0) is 21.0. The number of rotatable bonds is 7. The maximum atomic E-state index is 12.8. The number of carbonyl (C=O) groups is 3. The highest BCUT2D eigenvalue weighted by Gasteiger charge is 2.46. The van der Waals surface area contributed by atoms with Crippen molar-refractivity contribution in [2.75, 3.05) is 13.7 Å². The molecule has 150 valence electrons. The topological polar surface area (TPSA) is 104 Å². The summed E-state index contributed by atoms with van der Waals surface area (Å²) in [6.07, 6.45) is 0.0414. The third kappa shape index (κ3) is 3.99. The van der Waals surface area contributed by atoms with Crippen LogP contribution >= 0.6 is 0 Å². The molecule has 0 aromatic heterocycles. The fraction of sp³-hybridized carbons (Fsp3) is 0.227. The molecule has 1 heterocycles. The summed E-state index contributed by atoms with van der Waals surface area (Å²) in [5, 5.41) is 19.8. The standard InChI is InChI=1S/C22H21NO6/c1-29-16-11-6-5-10-15(16)19-18(20(26)14-8-3-2-4-9-14)21(27)22(28)23(19)13-7-12-17(24)25/h2-6,8-11,19,26H,7,12-13H2,1H3,(H,24,25)/b20-18-. The SMILES string of the molecule is COc1ccccc1C1/C(=C(/O)c2ccccc2)C(=O)C(=O)N1CCCC(=O)O. The van der Waals surface area contributed by atoms with Crippen LogP contribution in [0.1, 0.15) is 30.0 Å². The number of para-hydroxylation sites is 1. The molecule has 2 aromatic carbocycles. The van der Waals surface area contributed by atoms with Gasteiger partial charge in [-0.1, -0.05) is 48.5 Å². The van der Waals surface area contributed by atoms with E-state index in [-0.39, 0.29) is 30.7 Å². The molecule has 1 amide bonds. The number of carboxylic acid groups (broad SMARTS) is 1. The summed E-state index contributed by atoms with van der Waals surface area (Å²) in [7, 11) is 1.48. The second-order valence-corrected chi connectivity index (χ2v) is 6.60. The average Bonchev–Trinajstić information content (AvgIpc) is 2.98. The van der Waals surface area contributed by atoms with Crippen LogP contribution in [-0.4, -0.2) is 46.4 Å². The van der Waals surface area contributed by atoms with E-state index in [4.69, 9.17) is 9.84 Å². The van der Waals surface area contributed by atoms with Gasteiger partial charge in [0.25, 0.3) is 11.7 Å². The molecule has 0 saturated carbocycles. The molecule has 1 aliphatic rings. The first-order valence-corrected chi connectivity index (χ1v) is 9.14. The van der Waals surface area contributed by atoms with Crippen molar-refractivity contribution in [3.05, 3.63) is 71.3 Å². The smallest absolute Gasteiger partial charge is 0.303 e. The van der Waals surface area contributed by atoms with E-state index >= 15 is 0 Å². The van der Waals surface area contributed by atoms with Gasteiger partial charge in [0.1, 0.15) is 11.5 Å². The van der Waals surface area contributed by atoms with Crippen LogP contribution < -0.4 is 4.74 Å². The number of ketones is 1. The molecule has 1 atom stereocenters. The Morgan fingerprint density at radius 1 is 1.03 bits per heavy atom. The van der Waals surface area contributed by atoms with E-state index < -0.39 is 23.7 Å². The summed E-state index contributed by atoms with van der Waals surface area (Å²) >= 11 is 0. The van der Waals surface area contributed by atoms with Crippen molar-refractivity contribution >= 4 is 23.4 Å². The molecule has 3 rings (SSSR count). The number of nitrogens with zero attached hydrogens (tertiary/aromatic N) is 1. The van der Waals surface area contributed by atoms with Gasteiger partial charge < -0.3 is 19.8 Å². The molecule has 0 radical (unpaired) electrons. The molecule has 7 heteroatoms. The van der Waals surface area contributed by atoms with Gasteiger partial charge in [0, 0.05) is 24.1 Å². The Labute approximate surface area is 167 Å². The monoisotopic (exact) mass is 395 g/mol. The lowest BCUT2D eigenvalue weighted by molar-refractivity contribution is -0.140. The number of aliphatic carboxylic acids is 1. The summed E-state index contributed by atoms with van der Waals surface area (Å²) in [6, 6.07) is 14.6. The number of aliphatic hydroxyl groups is 1. The van der Waals surface area contributed by atoms with Gasteiger partial charge in [-0.3, -0.25) is 14.4 Å². The van der Waals surface area contributed by atoms with Crippen molar-refractivity contribution < 1.29 is 29.3 Å². The van der Waals surface area contributed by atoms with Crippen LogP contribution in [0, 0.1) is 0 Å². The largest absolute Gasteiger partial charge is 0.507 e. The highest BCUT2D eigenvalue weighted by atomic mass is 16.5. The van der Waals surface area contributed by atoms with Gasteiger partial charge >= 0.3 is 5.97 Å². The zero-order valence-electron chi connectivity index (χ0n) is 15.9. The summed E-state index contributed by atoms with van der Waals surface area (Å²) < 4.78 is 5.41. The molecule has 1 saturated heterocycles. The number of hydrogen-bond donors (Lipinski definition) is 2. The Morgan fingerprint density at radius 2 is 1.69 bits per heavy atom. The number of aliphatic hydroxyl groups excluding tert-OH is 1. The lowest BCUT2D eigenvalue weighted by Gasteiger charge is -2.26. The quantitative estimate of drug-likeness (QED) is 0.424. The maximum Gasteiger partial charge on any atom is 0.303 e. The fourth-order valence-electron chi connectivity index (χ4n) is 3.48. The number of ether oxygens (including phenoxy) is 1. The number of amides is 1. The lowest BCUT2D eigenvalue weighted by atomic mass is 9.94. The van der Waals surface area contributed by atoms with Crippen molar-refractivity contribution in [3.8, 4) is 5.75 Å². The minimum Gasteiger partial charge on any atom is -0.507 e. The molecular formula is C22H21NO6. The summed E-state index contributed by atoms with van der Waals surface area (Å²) in [5.41, 5.74) is 0.916. The molecule has 7 nitrogen and oxygen atoms in total. The van der Waals surface area contributed by atoms with Gasteiger partial charge in [-0.2, -0.15) is 0 Å². The van der Waals surface area contributed by atoms with Crippen molar-refractivity contribution in [3.63, 3.8) is 0 Å². The third-order valence-electron chi connectivity index (χ3n) is 4.81. The Hall–Kier alpha value is -3.61. The number of likely N-dealkylation sites (tertiary alicyclic amines) is 1. The van der Waals surface area contributed by atoms with Crippen LogP contribution in [0.4, 0.5) is 0 Å². The first-order chi connectivity index (χ1) is 14.0. The van der Waals surface area contributed by atoms with Crippen LogP contribution in [0.5, 0.6) is 5.75 Å². The molecule has 1 aliphatic heterocycles. The first-order valence-electron chi connectivity index (χ1n) is 9.14. The molecule has 2 N–H and O–H groups in total. The zero-order valence-corrected chi connectivity index (χ0v) is 15.9. The number of carboxylic acids is 1. The normalized spacial score (nSPS) is 18.1. The van der Waals surface area contributed by atoms with Crippen molar-refractivity contribution in [1.29, 1.82) is 0 Å². The van der Waals surface area contributed by atoms with Crippen LogP contribution in [0.3, 0.4) is 0 Å². The molecule has 1 fully saturated rings. The number of Topliss-reactive ketones (excluding diaryl/α,β-unsaturated/α-hetero) is 1. The van der Waals surface area contributed by atoms with Crippen molar-refractivity contribution in [1.82, 2.24) is 4.90 Å². The van der Waals surface area contributed by atoms with Crippen molar-refractivity contribution in [2.24, 2.45) is 0 Å². The van der Waals surface area contributed by atoms with E-state index in [1.54, 1.807) is 54.6 Å². The van der Waals surface area contributed by atoms with Gasteiger partial charge in [-0.25, -0.2) is 0 Å². The van der Waals surface area contributed by atoms with Gasteiger partial charge in [0.15, 0.2) is 0 Å². The number of methoxy groups -OCH3 is 1. The maximum absolute atomic E-state index is 12.8.